The molecule has 1 heterocycles. The van der Waals surface area contributed by atoms with Gasteiger partial charge in [0.15, 0.2) is 0 Å². The van der Waals surface area contributed by atoms with E-state index in [1.165, 1.54) is 51.0 Å². The molecule has 4 aliphatic rings. The molecule has 2 bridgehead atoms. The lowest BCUT2D eigenvalue weighted by Gasteiger charge is -2.47. The average molecular weight is 282 g/mol. The van der Waals surface area contributed by atoms with Crippen molar-refractivity contribution in [1.29, 1.82) is 0 Å². The SMILES string of the molecule is C1=CC2CCC1CC2N1CCN(Cc2ccccc2)CC1. The lowest BCUT2D eigenvalue weighted by Crippen LogP contribution is -2.54. The fraction of sp³-hybridized carbons (Fsp3) is 0.579. The van der Waals surface area contributed by atoms with Gasteiger partial charge in [-0.15, -0.1) is 0 Å². The number of piperazine rings is 1. The molecule has 0 spiro atoms. The standard InChI is InChI=1S/C19H26N2/c1-2-4-17(5-3-1)15-20-10-12-21(13-11-20)19-14-16-6-8-18(19)9-7-16/h1-6,8,16,18-19H,7,9-15H2. The fourth-order valence-corrected chi connectivity index (χ4v) is 4.42. The van der Waals surface area contributed by atoms with Gasteiger partial charge in [0, 0.05) is 38.8 Å². The highest BCUT2D eigenvalue weighted by molar-refractivity contribution is 5.14. The zero-order valence-corrected chi connectivity index (χ0v) is 12.8. The number of hydrogen-bond acceptors (Lipinski definition) is 2. The Labute approximate surface area is 128 Å². The molecule has 1 aromatic carbocycles. The van der Waals surface area contributed by atoms with E-state index in [-0.39, 0.29) is 0 Å². The number of nitrogens with zero attached hydrogens (tertiary/aromatic N) is 2. The van der Waals surface area contributed by atoms with Crippen LogP contribution in [0.15, 0.2) is 42.5 Å². The van der Waals surface area contributed by atoms with Crippen LogP contribution < -0.4 is 0 Å². The molecule has 3 atom stereocenters. The van der Waals surface area contributed by atoms with Crippen molar-refractivity contribution in [3.8, 4) is 0 Å². The molecular formula is C19H26N2. The van der Waals surface area contributed by atoms with E-state index in [4.69, 9.17) is 0 Å². The maximum atomic E-state index is 2.78. The summed E-state index contributed by atoms with van der Waals surface area (Å²) >= 11 is 0. The minimum atomic E-state index is 0.840. The number of benzene rings is 1. The van der Waals surface area contributed by atoms with E-state index in [0.29, 0.717) is 0 Å². The lowest BCUT2D eigenvalue weighted by molar-refractivity contribution is 0.0453. The van der Waals surface area contributed by atoms with E-state index in [9.17, 15) is 0 Å². The van der Waals surface area contributed by atoms with Crippen LogP contribution in [0.4, 0.5) is 0 Å². The smallest absolute Gasteiger partial charge is 0.0234 e. The minimum absolute atomic E-state index is 0.840. The average Bonchev–Trinajstić information content (AvgIpc) is 2.57. The molecule has 1 aromatic rings. The largest absolute Gasteiger partial charge is 0.297 e. The number of hydrogen-bond donors (Lipinski definition) is 0. The first-order valence-corrected chi connectivity index (χ1v) is 8.57. The van der Waals surface area contributed by atoms with Crippen molar-refractivity contribution in [2.45, 2.75) is 31.8 Å². The zero-order valence-electron chi connectivity index (χ0n) is 12.8. The van der Waals surface area contributed by atoms with Gasteiger partial charge in [-0.3, -0.25) is 9.80 Å². The molecule has 3 unspecified atom stereocenters. The van der Waals surface area contributed by atoms with Crippen LogP contribution in [-0.2, 0) is 6.54 Å². The topological polar surface area (TPSA) is 6.48 Å². The summed E-state index contributed by atoms with van der Waals surface area (Å²) in [6.45, 7) is 6.09. The van der Waals surface area contributed by atoms with E-state index in [1.807, 2.05) is 0 Å². The Morgan fingerprint density at radius 2 is 1.71 bits per heavy atom. The van der Waals surface area contributed by atoms with Gasteiger partial charge >= 0.3 is 0 Å². The minimum Gasteiger partial charge on any atom is -0.297 e. The summed E-state index contributed by atoms with van der Waals surface area (Å²) in [5.41, 5.74) is 1.45. The molecule has 1 aliphatic heterocycles. The van der Waals surface area contributed by atoms with Gasteiger partial charge in [-0.05, 0) is 36.7 Å². The van der Waals surface area contributed by atoms with Gasteiger partial charge in [-0.25, -0.2) is 0 Å². The van der Waals surface area contributed by atoms with Crippen LogP contribution in [0.5, 0.6) is 0 Å². The Morgan fingerprint density at radius 3 is 2.33 bits per heavy atom. The highest BCUT2D eigenvalue weighted by atomic mass is 15.3. The summed E-state index contributed by atoms with van der Waals surface area (Å²) in [6.07, 6.45) is 9.27. The van der Waals surface area contributed by atoms with Gasteiger partial charge in [-0.2, -0.15) is 0 Å². The van der Waals surface area contributed by atoms with Crippen molar-refractivity contribution in [2.24, 2.45) is 11.8 Å². The van der Waals surface area contributed by atoms with Gasteiger partial charge in [0.25, 0.3) is 0 Å². The highest BCUT2D eigenvalue weighted by Gasteiger charge is 2.36. The highest BCUT2D eigenvalue weighted by Crippen LogP contribution is 2.39. The Balaban J connectivity index is 1.32. The molecule has 1 saturated carbocycles. The second kappa shape index (κ2) is 5.94. The third-order valence-electron chi connectivity index (χ3n) is 5.66. The first kappa shape index (κ1) is 13.5. The normalized spacial score (nSPS) is 33.4. The molecule has 21 heavy (non-hydrogen) atoms. The van der Waals surface area contributed by atoms with Crippen LogP contribution in [0, 0.1) is 11.8 Å². The van der Waals surface area contributed by atoms with Crippen LogP contribution in [0.2, 0.25) is 0 Å². The quantitative estimate of drug-likeness (QED) is 0.786. The molecule has 0 amide bonds. The van der Waals surface area contributed by atoms with Crippen molar-refractivity contribution in [1.82, 2.24) is 9.80 Å². The Morgan fingerprint density at radius 1 is 0.905 bits per heavy atom. The molecular weight excluding hydrogens is 256 g/mol. The zero-order chi connectivity index (χ0) is 14.1. The van der Waals surface area contributed by atoms with Crippen LogP contribution in [0.1, 0.15) is 24.8 Å². The van der Waals surface area contributed by atoms with Gasteiger partial charge in [0.2, 0.25) is 0 Å². The fourth-order valence-electron chi connectivity index (χ4n) is 4.42. The number of allylic oxidation sites excluding steroid dienone is 1. The lowest BCUT2D eigenvalue weighted by atomic mass is 9.72. The first-order valence-electron chi connectivity index (χ1n) is 8.57. The van der Waals surface area contributed by atoms with Crippen LogP contribution in [-0.4, -0.2) is 42.0 Å². The molecule has 0 N–H and O–H groups in total. The molecule has 0 radical (unpaired) electrons. The molecule has 1 saturated heterocycles. The summed E-state index contributed by atoms with van der Waals surface area (Å²) in [4.78, 5) is 5.39. The second-order valence-corrected chi connectivity index (χ2v) is 6.99. The number of fused-ring (bicyclic) bond motifs is 2. The van der Waals surface area contributed by atoms with Gasteiger partial charge in [-0.1, -0.05) is 42.5 Å². The van der Waals surface area contributed by atoms with Gasteiger partial charge in [0.05, 0.1) is 0 Å². The van der Waals surface area contributed by atoms with E-state index in [0.717, 1.165) is 24.4 Å². The molecule has 112 valence electrons. The molecule has 2 nitrogen and oxygen atoms in total. The Hall–Kier alpha value is -1.12. The maximum Gasteiger partial charge on any atom is 0.0234 e. The van der Waals surface area contributed by atoms with Crippen molar-refractivity contribution >= 4 is 0 Å². The predicted molar refractivity (Wildman–Crippen MR) is 87.1 cm³/mol. The summed E-state index contributed by atoms with van der Waals surface area (Å²) in [6, 6.07) is 11.7. The van der Waals surface area contributed by atoms with Crippen molar-refractivity contribution < 1.29 is 0 Å². The van der Waals surface area contributed by atoms with E-state index in [1.54, 1.807) is 0 Å². The van der Waals surface area contributed by atoms with E-state index >= 15 is 0 Å². The van der Waals surface area contributed by atoms with Crippen LogP contribution >= 0.6 is 0 Å². The molecule has 0 aromatic heterocycles. The van der Waals surface area contributed by atoms with Crippen molar-refractivity contribution in [3.63, 3.8) is 0 Å². The van der Waals surface area contributed by atoms with E-state index in [2.05, 4.69) is 52.3 Å². The summed E-state index contributed by atoms with van der Waals surface area (Å²) in [5.74, 6) is 1.72. The molecule has 5 rings (SSSR count). The monoisotopic (exact) mass is 282 g/mol. The molecule has 2 heteroatoms. The Kier molecular flexibility index (Phi) is 3.83. The summed E-state index contributed by atoms with van der Waals surface area (Å²) < 4.78 is 0. The molecule has 3 aliphatic carbocycles. The van der Waals surface area contributed by atoms with Crippen molar-refractivity contribution in [2.75, 3.05) is 26.2 Å². The van der Waals surface area contributed by atoms with Crippen molar-refractivity contribution in [3.05, 3.63) is 48.0 Å². The first-order chi connectivity index (χ1) is 10.4. The third kappa shape index (κ3) is 2.93. The van der Waals surface area contributed by atoms with Crippen LogP contribution in [0.25, 0.3) is 0 Å². The van der Waals surface area contributed by atoms with Gasteiger partial charge < -0.3 is 0 Å². The third-order valence-corrected chi connectivity index (χ3v) is 5.66. The number of rotatable bonds is 3. The maximum absolute atomic E-state index is 2.78. The predicted octanol–water partition coefficient (Wildman–Crippen LogP) is 3.16. The Bertz CT molecular complexity index is 488. The second-order valence-electron chi connectivity index (χ2n) is 6.99. The molecule has 2 fully saturated rings. The van der Waals surface area contributed by atoms with Gasteiger partial charge in [0.1, 0.15) is 0 Å². The summed E-state index contributed by atoms with van der Waals surface area (Å²) in [7, 11) is 0. The van der Waals surface area contributed by atoms with Crippen LogP contribution in [0.3, 0.4) is 0 Å². The summed E-state index contributed by atoms with van der Waals surface area (Å²) in [5, 5.41) is 0. The van der Waals surface area contributed by atoms with E-state index < -0.39 is 0 Å².